The molecule has 0 aromatic heterocycles. The Morgan fingerprint density at radius 3 is 0.790 bits per heavy atom. The molecule has 0 spiro atoms. The van der Waals surface area contributed by atoms with Crippen molar-refractivity contribution in [3.63, 3.8) is 0 Å². The van der Waals surface area contributed by atoms with Gasteiger partial charge in [-0.25, -0.2) is 0 Å². The zero-order valence-corrected chi connectivity index (χ0v) is 38.9. The van der Waals surface area contributed by atoms with Crippen LogP contribution in [-0.2, 0) is 0 Å². The minimum Gasteiger partial charge on any atom is -0.310 e. The number of fused-ring (bicyclic) bond motifs is 6. The molecule has 9 rings (SSSR count). The summed E-state index contributed by atoms with van der Waals surface area (Å²) in [6.45, 7) is 27.3. The van der Waals surface area contributed by atoms with Gasteiger partial charge >= 0.3 is 0 Å². The molecular formula is C60H62N2. The zero-order chi connectivity index (χ0) is 43.7. The van der Waals surface area contributed by atoms with Gasteiger partial charge in [0.25, 0.3) is 0 Å². The third-order valence-electron chi connectivity index (χ3n) is 13.6. The van der Waals surface area contributed by atoms with Crippen LogP contribution in [0.25, 0.3) is 43.8 Å². The van der Waals surface area contributed by atoms with Crippen molar-refractivity contribution >= 4 is 55.7 Å². The summed E-state index contributed by atoms with van der Waals surface area (Å²) in [6.07, 6.45) is 0. The van der Waals surface area contributed by atoms with Crippen LogP contribution >= 0.6 is 0 Å². The molecule has 312 valence electrons. The number of rotatable bonds is 10. The third-order valence-corrected chi connectivity index (χ3v) is 13.6. The van der Waals surface area contributed by atoms with Crippen LogP contribution in [-0.4, -0.2) is 0 Å². The largest absolute Gasteiger partial charge is 0.310 e. The molecule has 2 nitrogen and oxygen atoms in total. The molecule has 2 heteroatoms. The molecular weight excluding hydrogens is 749 g/mol. The first kappa shape index (κ1) is 41.2. The molecule has 0 fully saturated rings. The summed E-state index contributed by atoms with van der Waals surface area (Å²) in [4.78, 5) is 5.01. The summed E-state index contributed by atoms with van der Waals surface area (Å²) in [5.74, 6) is 1.75. The molecule has 0 radical (unpaired) electrons. The fraction of sp³-hybridized carbons (Fsp3) is 0.267. The number of benzene rings is 8. The molecule has 0 saturated heterocycles. The van der Waals surface area contributed by atoms with Gasteiger partial charge in [-0.2, -0.15) is 0 Å². The lowest BCUT2D eigenvalue weighted by Gasteiger charge is -2.31. The van der Waals surface area contributed by atoms with E-state index in [4.69, 9.17) is 0 Å². The number of hydrogen-bond donors (Lipinski definition) is 0. The number of nitrogens with zero attached hydrogens (tertiary/aromatic N) is 2. The van der Waals surface area contributed by atoms with Crippen LogP contribution in [0.15, 0.2) is 133 Å². The van der Waals surface area contributed by atoms with Crippen molar-refractivity contribution in [1.29, 1.82) is 0 Å². The van der Waals surface area contributed by atoms with E-state index in [1.807, 2.05) is 0 Å². The van der Waals surface area contributed by atoms with E-state index < -0.39 is 0 Å². The summed E-state index contributed by atoms with van der Waals surface area (Å²) >= 11 is 0. The van der Waals surface area contributed by atoms with E-state index in [-0.39, 0.29) is 0 Å². The summed E-state index contributed by atoms with van der Waals surface area (Å²) in [5, 5.41) is 5.05. The van der Waals surface area contributed by atoms with Gasteiger partial charge in [0.05, 0.1) is 0 Å². The van der Waals surface area contributed by atoms with E-state index in [0.29, 0.717) is 23.7 Å². The Morgan fingerprint density at radius 2 is 0.532 bits per heavy atom. The first-order chi connectivity index (χ1) is 29.7. The molecule has 0 N–H and O–H groups in total. The highest BCUT2D eigenvalue weighted by Crippen LogP contribution is 2.52. The second kappa shape index (κ2) is 16.0. The summed E-state index contributed by atoms with van der Waals surface area (Å²) in [6, 6.07) is 51.8. The fourth-order valence-electron chi connectivity index (χ4n) is 9.40. The number of aryl methyl sites for hydroxylation is 4. The standard InChI is InChI=1S/C60H62N2/c1-35(2)43-17-13-39(9)57(31-43)61(58-32-44(36(3)4)18-14-40(58)10)51-23-21-47-27-53-55(29-49(47)25-51)54-28-48-22-24-52(26-50(48)30-56(53)54)62(59-33-45(37(5)6)19-15-41(59)11)60-34-46(38(7)8)20-16-42(60)12/h13-38H,1-12H3. The lowest BCUT2D eigenvalue weighted by atomic mass is 9.78. The second-order valence-corrected chi connectivity index (χ2v) is 19.3. The van der Waals surface area contributed by atoms with Gasteiger partial charge in [-0.15, -0.1) is 0 Å². The van der Waals surface area contributed by atoms with Gasteiger partial charge < -0.3 is 9.80 Å². The molecule has 0 amide bonds. The van der Waals surface area contributed by atoms with Crippen LogP contribution in [0.2, 0.25) is 0 Å². The van der Waals surface area contributed by atoms with Crippen molar-refractivity contribution in [2.24, 2.45) is 0 Å². The highest BCUT2D eigenvalue weighted by atomic mass is 15.2. The van der Waals surface area contributed by atoms with Crippen LogP contribution in [0.3, 0.4) is 0 Å². The molecule has 62 heavy (non-hydrogen) atoms. The molecule has 0 atom stereocenters. The zero-order valence-electron chi connectivity index (χ0n) is 38.9. The first-order valence-corrected chi connectivity index (χ1v) is 22.9. The Morgan fingerprint density at radius 1 is 0.274 bits per heavy atom. The van der Waals surface area contributed by atoms with Gasteiger partial charge in [0.1, 0.15) is 0 Å². The molecule has 1 aliphatic carbocycles. The molecule has 0 saturated carbocycles. The molecule has 8 aromatic rings. The monoisotopic (exact) mass is 810 g/mol. The van der Waals surface area contributed by atoms with Crippen molar-refractivity contribution in [2.75, 3.05) is 9.80 Å². The Labute approximate surface area is 370 Å². The van der Waals surface area contributed by atoms with E-state index >= 15 is 0 Å². The number of anilines is 6. The van der Waals surface area contributed by atoms with E-state index in [1.54, 1.807) is 0 Å². The van der Waals surface area contributed by atoms with Crippen LogP contribution < -0.4 is 9.80 Å². The van der Waals surface area contributed by atoms with E-state index in [9.17, 15) is 0 Å². The molecule has 0 heterocycles. The first-order valence-electron chi connectivity index (χ1n) is 22.9. The van der Waals surface area contributed by atoms with E-state index in [0.717, 1.165) is 0 Å². The second-order valence-electron chi connectivity index (χ2n) is 19.3. The van der Waals surface area contributed by atoms with Gasteiger partial charge in [-0.3, -0.25) is 0 Å². The Balaban J connectivity index is 1.15. The minimum atomic E-state index is 0.438. The van der Waals surface area contributed by atoms with Crippen molar-refractivity contribution in [3.8, 4) is 22.3 Å². The summed E-state index contributed by atoms with van der Waals surface area (Å²) < 4.78 is 0. The van der Waals surface area contributed by atoms with Crippen molar-refractivity contribution in [2.45, 2.75) is 107 Å². The SMILES string of the molecule is Cc1ccc(C(C)C)cc1N(c1ccc2cc3c(cc2c1)-c1cc2ccc(N(c4cc(C(C)C)ccc4C)c4cc(C(C)C)ccc4C)cc2cc1-3)c1cc(C(C)C)ccc1C. The molecule has 8 aromatic carbocycles. The van der Waals surface area contributed by atoms with Crippen molar-refractivity contribution in [3.05, 3.63) is 178 Å². The molecule has 0 bridgehead atoms. The van der Waals surface area contributed by atoms with Gasteiger partial charge in [-0.1, -0.05) is 116 Å². The van der Waals surface area contributed by atoms with E-state index in [2.05, 4.69) is 226 Å². The van der Waals surface area contributed by atoms with Crippen LogP contribution in [0.1, 0.15) is 124 Å². The van der Waals surface area contributed by atoms with Gasteiger partial charge in [0.15, 0.2) is 0 Å². The van der Waals surface area contributed by atoms with Gasteiger partial charge in [-0.05, 0) is 212 Å². The highest BCUT2D eigenvalue weighted by Gasteiger charge is 2.26. The third kappa shape index (κ3) is 7.28. The van der Waals surface area contributed by atoms with Crippen molar-refractivity contribution in [1.82, 2.24) is 0 Å². The van der Waals surface area contributed by atoms with Gasteiger partial charge in [0.2, 0.25) is 0 Å². The van der Waals surface area contributed by atoms with Crippen molar-refractivity contribution < 1.29 is 0 Å². The summed E-state index contributed by atoms with van der Waals surface area (Å²) in [5.41, 5.74) is 23.2. The fourth-order valence-corrected chi connectivity index (χ4v) is 9.40. The maximum Gasteiger partial charge on any atom is 0.0493 e. The maximum absolute atomic E-state index is 2.50. The molecule has 0 aliphatic heterocycles. The lowest BCUT2D eigenvalue weighted by Crippen LogP contribution is -2.14. The van der Waals surface area contributed by atoms with Crippen LogP contribution in [0.4, 0.5) is 34.1 Å². The quantitative estimate of drug-likeness (QED) is 0.136. The Bertz CT molecular complexity index is 2700. The highest BCUT2D eigenvalue weighted by molar-refractivity contribution is 6.12. The Hall–Kier alpha value is -6.12. The van der Waals surface area contributed by atoms with Crippen LogP contribution in [0, 0.1) is 27.7 Å². The van der Waals surface area contributed by atoms with Crippen LogP contribution in [0.5, 0.6) is 0 Å². The number of hydrogen-bond acceptors (Lipinski definition) is 2. The topological polar surface area (TPSA) is 6.48 Å². The smallest absolute Gasteiger partial charge is 0.0493 e. The molecule has 0 unspecified atom stereocenters. The minimum absolute atomic E-state index is 0.438. The normalized spacial score (nSPS) is 12.1. The van der Waals surface area contributed by atoms with Gasteiger partial charge in [0, 0.05) is 34.1 Å². The molecule has 1 aliphatic rings. The predicted molar refractivity (Wildman–Crippen MR) is 271 cm³/mol. The lowest BCUT2D eigenvalue weighted by molar-refractivity contribution is 0.863. The average molecular weight is 811 g/mol. The summed E-state index contributed by atoms with van der Waals surface area (Å²) in [7, 11) is 0. The maximum atomic E-state index is 2.50. The Kier molecular flexibility index (Phi) is 10.6. The predicted octanol–water partition coefficient (Wildman–Crippen LogP) is 18.3. The average Bonchev–Trinajstić information content (AvgIpc) is 3.24. The van der Waals surface area contributed by atoms with E-state index in [1.165, 1.54) is 122 Å².